The van der Waals surface area contributed by atoms with Crippen molar-refractivity contribution in [2.75, 3.05) is 19.7 Å². The van der Waals surface area contributed by atoms with Gasteiger partial charge in [-0.1, -0.05) is 62.4 Å². The number of ether oxygens (including phenoxy) is 2. The Morgan fingerprint density at radius 2 is 1.48 bits per heavy atom. The first-order chi connectivity index (χ1) is 23.7. The molecule has 2 aromatic carbocycles. The minimum atomic E-state index is -0.947. The molecular formula is C38H53N5O7. The van der Waals surface area contributed by atoms with Gasteiger partial charge in [0, 0.05) is 25.0 Å². The van der Waals surface area contributed by atoms with Crippen molar-refractivity contribution < 1.29 is 33.4 Å². The molecule has 2 aromatic rings. The van der Waals surface area contributed by atoms with Gasteiger partial charge >= 0.3 is 12.2 Å². The SMILES string of the molecule is CC(C)NC(=O)C(CCCNC(=O)OCC1c2ccccc2-c2ccccc21)NC(=O)C(NC(=O)[C@@H]1CCCN1C(=O)OC(C)(C)C)C(C)C. The largest absolute Gasteiger partial charge is 0.449 e. The van der Waals surface area contributed by atoms with Crippen molar-refractivity contribution >= 4 is 29.9 Å². The molecule has 4 rings (SSSR count). The van der Waals surface area contributed by atoms with Crippen molar-refractivity contribution in [1.29, 1.82) is 0 Å². The Balaban J connectivity index is 1.31. The third-order valence-electron chi connectivity index (χ3n) is 8.78. The first-order valence-corrected chi connectivity index (χ1v) is 17.7. The Labute approximate surface area is 295 Å². The summed E-state index contributed by atoms with van der Waals surface area (Å²) in [6, 6.07) is 13.4. The third kappa shape index (κ3) is 9.98. The van der Waals surface area contributed by atoms with Crippen LogP contribution in [-0.2, 0) is 23.9 Å². The van der Waals surface area contributed by atoms with Gasteiger partial charge in [-0.3, -0.25) is 19.3 Å². The molecule has 50 heavy (non-hydrogen) atoms. The fraction of sp³-hybridized carbons (Fsp3) is 0.553. The maximum absolute atomic E-state index is 13.6. The number of carbonyl (C=O) groups is 5. The summed E-state index contributed by atoms with van der Waals surface area (Å²) in [6.07, 6.45) is 0.575. The van der Waals surface area contributed by atoms with E-state index in [1.165, 1.54) is 4.90 Å². The average Bonchev–Trinajstić information content (AvgIpc) is 3.66. The molecule has 0 bridgehead atoms. The second-order valence-corrected chi connectivity index (χ2v) is 14.7. The Hall–Kier alpha value is -4.61. The number of nitrogens with one attached hydrogen (secondary N) is 4. The second-order valence-electron chi connectivity index (χ2n) is 14.7. The lowest BCUT2D eigenvalue weighted by Gasteiger charge is -2.30. The topological polar surface area (TPSA) is 155 Å². The molecule has 12 heteroatoms. The Kier molecular flexibility index (Phi) is 12.9. The molecule has 2 aliphatic rings. The van der Waals surface area contributed by atoms with E-state index in [-0.39, 0.29) is 43.4 Å². The summed E-state index contributed by atoms with van der Waals surface area (Å²) in [4.78, 5) is 66.9. The quantitative estimate of drug-likeness (QED) is 0.219. The molecule has 272 valence electrons. The lowest BCUT2D eigenvalue weighted by atomic mass is 9.98. The third-order valence-corrected chi connectivity index (χ3v) is 8.78. The highest BCUT2D eigenvalue weighted by Crippen LogP contribution is 2.44. The molecule has 0 radical (unpaired) electrons. The molecule has 2 unspecified atom stereocenters. The number of likely N-dealkylation sites (tertiary alicyclic amines) is 1. The van der Waals surface area contributed by atoms with E-state index in [0.29, 0.717) is 25.8 Å². The lowest BCUT2D eigenvalue weighted by Crippen LogP contribution is -2.58. The highest BCUT2D eigenvalue weighted by molar-refractivity contribution is 5.94. The summed E-state index contributed by atoms with van der Waals surface area (Å²) in [7, 11) is 0. The van der Waals surface area contributed by atoms with E-state index in [2.05, 4.69) is 45.5 Å². The zero-order valence-corrected chi connectivity index (χ0v) is 30.3. The van der Waals surface area contributed by atoms with Crippen molar-refractivity contribution in [2.45, 2.75) is 110 Å². The smallest absolute Gasteiger partial charge is 0.410 e. The number of hydrogen-bond acceptors (Lipinski definition) is 7. The molecular weight excluding hydrogens is 638 g/mol. The van der Waals surface area contributed by atoms with Crippen LogP contribution in [0.2, 0.25) is 0 Å². The number of rotatable bonds is 13. The zero-order chi connectivity index (χ0) is 36.6. The van der Waals surface area contributed by atoms with Crippen LogP contribution in [0.4, 0.5) is 9.59 Å². The van der Waals surface area contributed by atoms with Crippen molar-refractivity contribution in [3.8, 4) is 11.1 Å². The first kappa shape index (κ1) is 38.2. The van der Waals surface area contributed by atoms with Gasteiger partial charge in [-0.2, -0.15) is 0 Å². The summed E-state index contributed by atoms with van der Waals surface area (Å²) >= 11 is 0. The fourth-order valence-corrected chi connectivity index (χ4v) is 6.42. The van der Waals surface area contributed by atoms with Gasteiger partial charge in [-0.05, 0) is 88.5 Å². The van der Waals surface area contributed by atoms with Crippen LogP contribution in [0, 0.1) is 5.92 Å². The second kappa shape index (κ2) is 16.9. The van der Waals surface area contributed by atoms with Crippen molar-refractivity contribution in [3.05, 3.63) is 59.7 Å². The fourth-order valence-electron chi connectivity index (χ4n) is 6.42. The lowest BCUT2D eigenvalue weighted by molar-refractivity contribution is -0.134. The molecule has 4 N–H and O–H groups in total. The van der Waals surface area contributed by atoms with E-state index in [4.69, 9.17) is 9.47 Å². The molecule has 1 fully saturated rings. The van der Waals surface area contributed by atoms with Gasteiger partial charge in [-0.25, -0.2) is 9.59 Å². The van der Waals surface area contributed by atoms with Crippen LogP contribution in [0.5, 0.6) is 0 Å². The highest BCUT2D eigenvalue weighted by atomic mass is 16.6. The summed E-state index contributed by atoms with van der Waals surface area (Å²) in [5.74, 6) is -1.69. The van der Waals surface area contributed by atoms with Gasteiger partial charge in [0.15, 0.2) is 0 Å². The van der Waals surface area contributed by atoms with Crippen molar-refractivity contribution in [3.63, 3.8) is 0 Å². The monoisotopic (exact) mass is 691 g/mol. The predicted octanol–water partition coefficient (Wildman–Crippen LogP) is 4.86. The van der Waals surface area contributed by atoms with E-state index in [9.17, 15) is 24.0 Å². The van der Waals surface area contributed by atoms with E-state index in [1.54, 1.807) is 34.6 Å². The minimum Gasteiger partial charge on any atom is -0.449 e. The number of fused-ring (bicyclic) bond motifs is 3. The number of hydrogen-bond donors (Lipinski definition) is 4. The van der Waals surface area contributed by atoms with Crippen LogP contribution in [-0.4, -0.2) is 84.3 Å². The molecule has 1 aliphatic heterocycles. The number of benzene rings is 2. The van der Waals surface area contributed by atoms with Crippen LogP contribution >= 0.6 is 0 Å². The van der Waals surface area contributed by atoms with Crippen LogP contribution in [0.1, 0.15) is 91.2 Å². The van der Waals surface area contributed by atoms with Crippen LogP contribution in [0.25, 0.3) is 11.1 Å². The average molecular weight is 692 g/mol. The first-order valence-electron chi connectivity index (χ1n) is 17.7. The molecule has 0 saturated carbocycles. The number of amides is 5. The van der Waals surface area contributed by atoms with Crippen LogP contribution in [0.15, 0.2) is 48.5 Å². The van der Waals surface area contributed by atoms with Gasteiger partial charge in [0.25, 0.3) is 0 Å². The highest BCUT2D eigenvalue weighted by Gasteiger charge is 2.39. The number of carbonyl (C=O) groups excluding carboxylic acids is 5. The number of alkyl carbamates (subject to hydrolysis) is 1. The van der Waals surface area contributed by atoms with E-state index >= 15 is 0 Å². The summed E-state index contributed by atoms with van der Waals surface area (Å²) in [5.41, 5.74) is 3.82. The van der Waals surface area contributed by atoms with Crippen LogP contribution < -0.4 is 21.3 Å². The van der Waals surface area contributed by atoms with Gasteiger partial charge in [0.1, 0.15) is 30.3 Å². The van der Waals surface area contributed by atoms with Gasteiger partial charge in [-0.15, -0.1) is 0 Å². The normalized spacial score (nSPS) is 16.7. The molecule has 0 aromatic heterocycles. The zero-order valence-electron chi connectivity index (χ0n) is 30.3. The van der Waals surface area contributed by atoms with E-state index < -0.39 is 47.7 Å². The van der Waals surface area contributed by atoms with Gasteiger partial charge in [0.05, 0.1) is 0 Å². The minimum absolute atomic E-state index is 0.0593. The maximum atomic E-state index is 13.6. The predicted molar refractivity (Wildman–Crippen MR) is 190 cm³/mol. The van der Waals surface area contributed by atoms with Crippen LogP contribution in [0.3, 0.4) is 0 Å². The Bertz CT molecular complexity index is 1490. The summed E-state index contributed by atoms with van der Waals surface area (Å²) in [6.45, 7) is 13.3. The Morgan fingerprint density at radius 1 is 0.860 bits per heavy atom. The molecule has 5 amide bonds. The molecule has 3 atom stereocenters. The van der Waals surface area contributed by atoms with E-state index in [1.807, 2.05) is 38.1 Å². The summed E-state index contributed by atoms with van der Waals surface area (Å²) < 4.78 is 11.1. The Morgan fingerprint density at radius 3 is 2.06 bits per heavy atom. The molecule has 12 nitrogen and oxygen atoms in total. The van der Waals surface area contributed by atoms with Gasteiger partial charge in [0.2, 0.25) is 17.7 Å². The van der Waals surface area contributed by atoms with Crippen molar-refractivity contribution in [2.24, 2.45) is 5.92 Å². The summed E-state index contributed by atoms with van der Waals surface area (Å²) in [5, 5.41) is 11.2. The molecule has 1 saturated heterocycles. The van der Waals surface area contributed by atoms with E-state index in [0.717, 1.165) is 22.3 Å². The maximum Gasteiger partial charge on any atom is 0.410 e. The van der Waals surface area contributed by atoms with Crippen molar-refractivity contribution in [1.82, 2.24) is 26.2 Å². The van der Waals surface area contributed by atoms with Gasteiger partial charge < -0.3 is 30.7 Å². The standard InChI is InChI=1S/C38H53N5O7/c1-23(2)32(42-34(45)31-19-13-21-43(31)37(48)50-38(5,6)7)35(46)41-30(33(44)40-24(3)4)18-12-20-39-36(47)49-22-29-27-16-10-8-14-25(27)26-15-9-11-17-28(26)29/h8-11,14-17,23-24,29-32H,12-13,18-22H2,1-7H3,(H,39,47)(H,40,44)(H,41,46)(H,42,45)/t30?,31-,32?/m0/s1. The molecule has 0 spiro atoms. The molecule has 1 heterocycles. The number of nitrogens with zero attached hydrogens (tertiary/aromatic N) is 1. The molecule has 1 aliphatic carbocycles.